The standard InChI is InChI=1S/C20H17ClN4/c21-16-9-10-19-24-17(14-25(19)13-16)12-23-20(15-6-2-1-3-7-15)18-8-4-5-11-22-18/h1-11,13-14,20,23H,12H2. The summed E-state index contributed by atoms with van der Waals surface area (Å²) in [4.78, 5) is 9.15. The highest BCUT2D eigenvalue weighted by atomic mass is 35.5. The molecule has 1 N–H and O–H groups in total. The third-order valence-corrected chi connectivity index (χ3v) is 4.29. The van der Waals surface area contributed by atoms with Crippen molar-refractivity contribution >= 4 is 17.2 Å². The second-order valence-electron chi connectivity index (χ2n) is 5.82. The number of hydrogen-bond acceptors (Lipinski definition) is 3. The van der Waals surface area contributed by atoms with Gasteiger partial charge >= 0.3 is 0 Å². The highest BCUT2D eigenvalue weighted by Gasteiger charge is 2.15. The normalized spacial score (nSPS) is 12.4. The molecule has 25 heavy (non-hydrogen) atoms. The van der Waals surface area contributed by atoms with Crippen LogP contribution in [-0.4, -0.2) is 14.4 Å². The first-order valence-corrected chi connectivity index (χ1v) is 8.50. The molecular weight excluding hydrogens is 332 g/mol. The van der Waals surface area contributed by atoms with E-state index < -0.39 is 0 Å². The van der Waals surface area contributed by atoms with Crippen LogP contribution in [0.3, 0.4) is 0 Å². The minimum absolute atomic E-state index is 0.0100. The van der Waals surface area contributed by atoms with Gasteiger partial charge in [-0.1, -0.05) is 48.0 Å². The molecule has 0 bridgehead atoms. The van der Waals surface area contributed by atoms with E-state index in [1.165, 1.54) is 5.56 Å². The van der Waals surface area contributed by atoms with Gasteiger partial charge in [0.05, 0.1) is 22.5 Å². The van der Waals surface area contributed by atoms with E-state index >= 15 is 0 Å². The number of rotatable bonds is 5. The lowest BCUT2D eigenvalue weighted by Crippen LogP contribution is -2.23. The molecular formula is C20H17ClN4. The van der Waals surface area contributed by atoms with Crippen LogP contribution in [0, 0.1) is 0 Å². The van der Waals surface area contributed by atoms with Crippen LogP contribution in [0.25, 0.3) is 5.65 Å². The zero-order valence-electron chi connectivity index (χ0n) is 13.5. The van der Waals surface area contributed by atoms with E-state index in [1.807, 2.05) is 71.5 Å². The lowest BCUT2D eigenvalue weighted by atomic mass is 10.0. The van der Waals surface area contributed by atoms with Gasteiger partial charge in [-0.05, 0) is 29.8 Å². The summed E-state index contributed by atoms with van der Waals surface area (Å²) >= 11 is 6.04. The summed E-state index contributed by atoms with van der Waals surface area (Å²) in [6.07, 6.45) is 5.68. The first-order valence-electron chi connectivity index (χ1n) is 8.12. The molecule has 0 aliphatic rings. The summed E-state index contributed by atoms with van der Waals surface area (Å²) in [5, 5.41) is 4.27. The van der Waals surface area contributed by atoms with Crippen molar-refractivity contribution in [3.05, 3.63) is 101 Å². The molecule has 3 aromatic heterocycles. The fourth-order valence-corrected chi connectivity index (χ4v) is 3.06. The minimum atomic E-state index is 0.0100. The molecule has 4 aromatic rings. The van der Waals surface area contributed by atoms with Crippen molar-refractivity contribution in [3.63, 3.8) is 0 Å². The molecule has 0 amide bonds. The van der Waals surface area contributed by atoms with E-state index in [9.17, 15) is 0 Å². The molecule has 0 spiro atoms. The quantitative estimate of drug-likeness (QED) is 0.586. The highest BCUT2D eigenvalue weighted by Crippen LogP contribution is 2.20. The number of nitrogens with one attached hydrogen (secondary N) is 1. The van der Waals surface area contributed by atoms with E-state index in [-0.39, 0.29) is 6.04 Å². The van der Waals surface area contributed by atoms with Crippen molar-refractivity contribution in [2.45, 2.75) is 12.6 Å². The van der Waals surface area contributed by atoms with Crippen LogP contribution >= 0.6 is 11.6 Å². The Hall–Kier alpha value is -2.69. The van der Waals surface area contributed by atoms with Gasteiger partial charge in [0.2, 0.25) is 0 Å². The van der Waals surface area contributed by atoms with Crippen LogP contribution in [0.15, 0.2) is 79.3 Å². The monoisotopic (exact) mass is 348 g/mol. The summed E-state index contributed by atoms with van der Waals surface area (Å²) in [5.41, 5.74) is 4.00. The van der Waals surface area contributed by atoms with Crippen molar-refractivity contribution in [3.8, 4) is 0 Å². The average Bonchev–Trinajstić information content (AvgIpc) is 3.05. The molecule has 5 heteroatoms. The Labute approximate surface area is 151 Å². The van der Waals surface area contributed by atoms with Crippen LogP contribution in [0.1, 0.15) is 23.0 Å². The minimum Gasteiger partial charge on any atom is -0.305 e. The number of aromatic nitrogens is 3. The first kappa shape index (κ1) is 15.8. The Morgan fingerprint density at radius 3 is 2.60 bits per heavy atom. The van der Waals surface area contributed by atoms with E-state index in [1.54, 1.807) is 0 Å². The Morgan fingerprint density at radius 2 is 1.80 bits per heavy atom. The molecule has 1 unspecified atom stereocenters. The molecule has 0 aliphatic heterocycles. The third-order valence-electron chi connectivity index (χ3n) is 4.07. The smallest absolute Gasteiger partial charge is 0.137 e. The van der Waals surface area contributed by atoms with Gasteiger partial charge < -0.3 is 4.40 Å². The second-order valence-corrected chi connectivity index (χ2v) is 6.26. The van der Waals surface area contributed by atoms with Crippen molar-refractivity contribution < 1.29 is 0 Å². The molecule has 0 saturated heterocycles. The molecule has 0 saturated carbocycles. The number of benzene rings is 1. The second kappa shape index (κ2) is 7.05. The van der Waals surface area contributed by atoms with E-state index in [2.05, 4.69) is 27.4 Å². The van der Waals surface area contributed by atoms with Crippen LogP contribution in [-0.2, 0) is 6.54 Å². The zero-order valence-corrected chi connectivity index (χ0v) is 14.3. The molecule has 124 valence electrons. The van der Waals surface area contributed by atoms with E-state index in [0.29, 0.717) is 11.6 Å². The fourth-order valence-electron chi connectivity index (χ4n) is 2.89. The van der Waals surface area contributed by atoms with Crippen LogP contribution in [0.4, 0.5) is 0 Å². The summed E-state index contributed by atoms with van der Waals surface area (Å²) in [7, 11) is 0. The average molecular weight is 349 g/mol. The maximum Gasteiger partial charge on any atom is 0.137 e. The van der Waals surface area contributed by atoms with Crippen LogP contribution < -0.4 is 5.32 Å². The Morgan fingerprint density at radius 1 is 0.960 bits per heavy atom. The predicted molar refractivity (Wildman–Crippen MR) is 99.6 cm³/mol. The molecule has 4 nitrogen and oxygen atoms in total. The summed E-state index contributed by atoms with van der Waals surface area (Å²) < 4.78 is 1.94. The van der Waals surface area contributed by atoms with Gasteiger partial charge in [0.1, 0.15) is 5.65 Å². The van der Waals surface area contributed by atoms with E-state index in [4.69, 9.17) is 11.6 Å². The van der Waals surface area contributed by atoms with Gasteiger partial charge in [0.15, 0.2) is 0 Å². The molecule has 1 atom stereocenters. The molecule has 0 fully saturated rings. The van der Waals surface area contributed by atoms with Crippen LogP contribution in [0.5, 0.6) is 0 Å². The zero-order chi connectivity index (χ0) is 17.1. The SMILES string of the molecule is Clc1ccc2nc(CNC(c3ccccc3)c3ccccn3)cn2c1. The number of fused-ring (bicyclic) bond motifs is 1. The molecule has 4 rings (SSSR count). The van der Waals surface area contributed by atoms with Gasteiger partial charge in [-0.15, -0.1) is 0 Å². The Bertz CT molecular complexity index is 927. The summed E-state index contributed by atoms with van der Waals surface area (Å²) in [6.45, 7) is 0.634. The number of hydrogen-bond donors (Lipinski definition) is 1. The van der Waals surface area contributed by atoms with Crippen molar-refractivity contribution in [1.29, 1.82) is 0 Å². The number of pyridine rings is 2. The van der Waals surface area contributed by atoms with Gasteiger partial charge in [0, 0.05) is 25.1 Å². The summed E-state index contributed by atoms with van der Waals surface area (Å²) in [5.74, 6) is 0. The fraction of sp³-hybridized carbons (Fsp3) is 0.100. The van der Waals surface area contributed by atoms with Gasteiger partial charge in [-0.2, -0.15) is 0 Å². The lowest BCUT2D eigenvalue weighted by Gasteiger charge is -2.18. The van der Waals surface area contributed by atoms with Crippen molar-refractivity contribution in [2.24, 2.45) is 0 Å². The highest BCUT2D eigenvalue weighted by molar-refractivity contribution is 6.30. The Kier molecular flexibility index (Phi) is 4.46. The van der Waals surface area contributed by atoms with Crippen molar-refractivity contribution in [2.75, 3.05) is 0 Å². The third kappa shape index (κ3) is 3.55. The number of halogens is 1. The summed E-state index contributed by atoms with van der Waals surface area (Å²) in [6, 6.07) is 20.1. The lowest BCUT2D eigenvalue weighted by molar-refractivity contribution is 0.586. The maximum atomic E-state index is 6.04. The Balaban J connectivity index is 1.60. The first-order chi connectivity index (χ1) is 12.3. The topological polar surface area (TPSA) is 42.2 Å². The van der Waals surface area contributed by atoms with Gasteiger partial charge in [-0.25, -0.2) is 4.98 Å². The van der Waals surface area contributed by atoms with Gasteiger partial charge in [0.25, 0.3) is 0 Å². The molecule has 1 aromatic carbocycles. The number of imidazole rings is 1. The maximum absolute atomic E-state index is 6.04. The largest absolute Gasteiger partial charge is 0.305 e. The predicted octanol–water partition coefficient (Wildman–Crippen LogP) is 4.26. The number of nitrogens with zero attached hydrogens (tertiary/aromatic N) is 3. The molecule has 3 heterocycles. The van der Waals surface area contributed by atoms with E-state index in [0.717, 1.165) is 17.0 Å². The van der Waals surface area contributed by atoms with Crippen LogP contribution in [0.2, 0.25) is 5.02 Å². The van der Waals surface area contributed by atoms with Gasteiger partial charge in [-0.3, -0.25) is 10.3 Å². The van der Waals surface area contributed by atoms with Crippen molar-refractivity contribution in [1.82, 2.24) is 19.7 Å². The molecule has 0 aliphatic carbocycles. The molecule has 0 radical (unpaired) electrons.